The molecule has 2 amide bonds. The van der Waals surface area contributed by atoms with Crippen molar-refractivity contribution in [2.24, 2.45) is 0 Å². The molecule has 0 fully saturated rings. The molecule has 0 saturated heterocycles. The van der Waals surface area contributed by atoms with Gasteiger partial charge in [0.15, 0.2) is 0 Å². The lowest BCUT2D eigenvalue weighted by molar-refractivity contribution is 0.251. The molecule has 7 heteroatoms. The first-order valence-corrected chi connectivity index (χ1v) is 10.1. The SMILES string of the molecule is CNS(=O)(=O)Cc1ccc(CNC(=O)Nc2ccc3ccccc3c2)cc1. The van der Waals surface area contributed by atoms with Crippen LogP contribution in [0.2, 0.25) is 0 Å². The molecule has 0 radical (unpaired) electrons. The van der Waals surface area contributed by atoms with Crippen LogP contribution in [0.3, 0.4) is 0 Å². The van der Waals surface area contributed by atoms with Gasteiger partial charge in [0.05, 0.1) is 5.75 Å². The van der Waals surface area contributed by atoms with E-state index in [2.05, 4.69) is 15.4 Å². The molecule has 0 bridgehead atoms. The Labute approximate surface area is 158 Å². The van der Waals surface area contributed by atoms with Crippen molar-refractivity contribution in [3.63, 3.8) is 0 Å². The number of anilines is 1. The number of urea groups is 1. The standard InChI is InChI=1S/C20H21N3O3S/c1-21-27(25,26)14-16-8-6-15(7-9-16)13-22-20(24)23-19-11-10-17-4-2-3-5-18(17)12-19/h2-12,21H,13-14H2,1H3,(H2,22,23,24). The Morgan fingerprint density at radius 2 is 1.56 bits per heavy atom. The molecule has 140 valence electrons. The summed E-state index contributed by atoms with van der Waals surface area (Å²) in [4.78, 5) is 12.1. The number of sulfonamides is 1. The summed E-state index contributed by atoms with van der Waals surface area (Å²) in [5.41, 5.74) is 2.29. The zero-order chi connectivity index (χ0) is 19.3. The Balaban J connectivity index is 1.55. The molecular formula is C20H21N3O3S. The Kier molecular flexibility index (Phi) is 5.73. The van der Waals surface area contributed by atoms with Crippen molar-refractivity contribution in [2.45, 2.75) is 12.3 Å². The third kappa shape index (κ3) is 5.29. The highest BCUT2D eigenvalue weighted by Gasteiger charge is 2.08. The summed E-state index contributed by atoms with van der Waals surface area (Å²) in [5, 5.41) is 7.78. The van der Waals surface area contributed by atoms with E-state index in [-0.39, 0.29) is 11.8 Å². The van der Waals surface area contributed by atoms with E-state index in [1.807, 2.05) is 42.5 Å². The molecule has 0 spiro atoms. The van der Waals surface area contributed by atoms with E-state index in [9.17, 15) is 13.2 Å². The number of hydrogen-bond donors (Lipinski definition) is 3. The molecule has 0 aliphatic heterocycles. The van der Waals surface area contributed by atoms with Crippen LogP contribution < -0.4 is 15.4 Å². The fraction of sp³-hybridized carbons (Fsp3) is 0.150. The molecule has 0 aliphatic rings. The Morgan fingerprint density at radius 1 is 0.889 bits per heavy atom. The Morgan fingerprint density at radius 3 is 2.26 bits per heavy atom. The molecule has 6 nitrogen and oxygen atoms in total. The number of hydrogen-bond acceptors (Lipinski definition) is 3. The van der Waals surface area contributed by atoms with Crippen LogP contribution in [0.15, 0.2) is 66.7 Å². The molecule has 0 unspecified atom stereocenters. The third-order valence-corrected chi connectivity index (χ3v) is 5.49. The van der Waals surface area contributed by atoms with Gasteiger partial charge in [-0.3, -0.25) is 0 Å². The smallest absolute Gasteiger partial charge is 0.319 e. The summed E-state index contributed by atoms with van der Waals surface area (Å²) in [7, 11) is -1.90. The molecule has 0 atom stereocenters. The van der Waals surface area contributed by atoms with E-state index >= 15 is 0 Å². The van der Waals surface area contributed by atoms with Crippen LogP contribution in [0.1, 0.15) is 11.1 Å². The Bertz CT molecular complexity index is 1050. The van der Waals surface area contributed by atoms with E-state index in [0.717, 1.165) is 22.0 Å². The van der Waals surface area contributed by atoms with Gasteiger partial charge in [0.25, 0.3) is 0 Å². The van der Waals surface area contributed by atoms with Crippen LogP contribution >= 0.6 is 0 Å². The minimum absolute atomic E-state index is 0.0698. The fourth-order valence-electron chi connectivity index (χ4n) is 2.67. The highest BCUT2D eigenvalue weighted by molar-refractivity contribution is 7.88. The normalized spacial score (nSPS) is 11.3. The highest BCUT2D eigenvalue weighted by Crippen LogP contribution is 2.18. The van der Waals surface area contributed by atoms with Crippen molar-refractivity contribution in [3.8, 4) is 0 Å². The molecule has 3 aromatic carbocycles. The summed E-state index contributed by atoms with van der Waals surface area (Å²) < 4.78 is 25.4. The van der Waals surface area contributed by atoms with Gasteiger partial charge in [-0.1, -0.05) is 54.6 Å². The number of carbonyl (C=O) groups is 1. The second kappa shape index (κ2) is 8.20. The van der Waals surface area contributed by atoms with Gasteiger partial charge >= 0.3 is 6.03 Å². The maximum absolute atomic E-state index is 12.1. The number of amides is 2. The minimum atomic E-state index is -3.29. The number of rotatable bonds is 6. The van der Waals surface area contributed by atoms with E-state index in [0.29, 0.717) is 12.1 Å². The van der Waals surface area contributed by atoms with Gasteiger partial charge in [-0.25, -0.2) is 17.9 Å². The first-order valence-electron chi connectivity index (χ1n) is 8.48. The number of carbonyl (C=O) groups excluding carboxylic acids is 1. The number of nitrogens with one attached hydrogen (secondary N) is 3. The van der Waals surface area contributed by atoms with E-state index in [1.165, 1.54) is 7.05 Å². The van der Waals surface area contributed by atoms with E-state index < -0.39 is 10.0 Å². The molecule has 3 aromatic rings. The Hall–Kier alpha value is -2.90. The monoisotopic (exact) mass is 383 g/mol. The van der Waals surface area contributed by atoms with Gasteiger partial charge in [-0.2, -0.15) is 0 Å². The minimum Gasteiger partial charge on any atom is -0.334 e. The second-order valence-corrected chi connectivity index (χ2v) is 8.08. The maximum atomic E-state index is 12.1. The van der Waals surface area contributed by atoms with Crippen molar-refractivity contribution in [3.05, 3.63) is 77.9 Å². The summed E-state index contributed by atoms with van der Waals surface area (Å²) in [6.45, 7) is 0.346. The molecule has 0 heterocycles. The average Bonchev–Trinajstić information content (AvgIpc) is 2.67. The lowest BCUT2D eigenvalue weighted by atomic mass is 10.1. The molecular weight excluding hydrogens is 362 g/mol. The van der Waals surface area contributed by atoms with Gasteiger partial charge in [0.2, 0.25) is 10.0 Å². The largest absolute Gasteiger partial charge is 0.334 e. The zero-order valence-corrected chi connectivity index (χ0v) is 15.7. The third-order valence-electron chi connectivity index (χ3n) is 4.15. The summed E-state index contributed by atoms with van der Waals surface area (Å²) in [5.74, 6) is -0.0698. The molecule has 3 rings (SSSR count). The van der Waals surface area contributed by atoms with Crippen LogP contribution in [0.5, 0.6) is 0 Å². The molecule has 27 heavy (non-hydrogen) atoms. The van der Waals surface area contributed by atoms with Crippen LogP contribution in [0.25, 0.3) is 10.8 Å². The average molecular weight is 383 g/mol. The van der Waals surface area contributed by atoms with Crippen molar-refractivity contribution < 1.29 is 13.2 Å². The molecule has 0 saturated carbocycles. The highest BCUT2D eigenvalue weighted by atomic mass is 32.2. The number of fused-ring (bicyclic) bond motifs is 1. The van der Waals surface area contributed by atoms with Gasteiger partial charge in [0.1, 0.15) is 0 Å². The van der Waals surface area contributed by atoms with Gasteiger partial charge in [-0.05, 0) is 41.1 Å². The maximum Gasteiger partial charge on any atom is 0.319 e. The second-order valence-electron chi connectivity index (χ2n) is 6.15. The van der Waals surface area contributed by atoms with Gasteiger partial charge in [-0.15, -0.1) is 0 Å². The predicted molar refractivity (Wildman–Crippen MR) is 108 cm³/mol. The van der Waals surface area contributed by atoms with Gasteiger partial charge in [0, 0.05) is 12.2 Å². The van der Waals surface area contributed by atoms with E-state index in [1.54, 1.807) is 24.3 Å². The molecule has 0 aromatic heterocycles. The zero-order valence-electron chi connectivity index (χ0n) is 14.9. The summed E-state index contributed by atoms with van der Waals surface area (Å²) in [6.07, 6.45) is 0. The van der Waals surface area contributed by atoms with Crippen molar-refractivity contribution >= 4 is 32.5 Å². The molecule has 3 N–H and O–H groups in total. The van der Waals surface area contributed by atoms with Crippen LogP contribution in [0.4, 0.5) is 10.5 Å². The fourth-order valence-corrected chi connectivity index (χ4v) is 3.45. The van der Waals surface area contributed by atoms with Crippen molar-refractivity contribution in [1.29, 1.82) is 0 Å². The van der Waals surface area contributed by atoms with Gasteiger partial charge < -0.3 is 10.6 Å². The van der Waals surface area contributed by atoms with Crippen LogP contribution in [-0.2, 0) is 22.3 Å². The topological polar surface area (TPSA) is 87.3 Å². The quantitative estimate of drug-likeness (QED) is 0.611. The van der Waals surface area contributed by atoms with Crippen LogP contribution in [0, 0.1) is 0 Å². The summed E-state index contributed by atoms with van der Waals surface area (Å²) >= 11 is 0. The summed E-state index contributed by atoms with van der Waals surface area (Å²) in [6, 6.07) is 20.5. The van der Waals surface area contributed by atoms with Crippen LogP contribution in [-0.4, -0.2) is 21.5 Å². The first kappa shape index (κ1) is 18.9. The van der Waals surface area contributed by atoms with E-state index in [4.69, 9.17) is 0 Å². The lowest BCUT2D eigenvalue weighted by Crippen LogP contribution is -2.28. The molecule has 0 aliphatic carbocycles. The van der Waals surface area contributed by atoms with Crippen molar-refractivity contribution in [1.82, 2.24) is 10.0 Å². The predicted octanol–water partition coefficient (Wildman–Crippen LogP) is 3.21. The lowest BCUT2D eigenvalue weighted by Gasteiger charge is -2.09. The van der Waals surface area contributed by atoms with Crippen molar-refractivity contribution in [2.75, 3.05) is 12.4 Å². The number of benzene rings is 3. The first-order chi connectivity index (χ1) is 12.9.